The zero-order valence-electron chi connectivity index (χ0n) is 28.0. The van der Waals surface area contributed by atoms with Gasteiger partial charge in [0.2, 0.25) is 0 Å². The monoisotopic (exact) mass is 808 g/mol. The van der Waals surface area contributed by atoms with Crippen molar-refractivity contribution in [2.24, 2.45) is 0 Å². The standard InChI is InChI=1S/C35H36O14S4/c36-28(37)9-11-30(40)48-26(20-46-32(42)34-50-13-14-51-34)18-44-24-5-1-22(2-6-24)17-23-3-7-25(8-4-23)45-19-27(49-31(41)12-10-29(38)39)21-47-33(43)35-52-15-16-53-35/h1-12,26-27,34-35H,13-21H2,(H,36,37)(H,38,39)/b11-9-,12-10-. The van der Waals surface area contributed by atoms with Gasteiger partial charge in [0, 0.05) is 47.3 Å². The largest absolute Gasteiger partial charge is 0.490 e. The number of benzene rings is 2. The second-order valence-corrected chi connectivity index (χ2v) is 16.4. The smallest absolute Gasteiger partial charge is 0.331 e. The maximum Gasteiger partial charge on any atom is 0.331 e. The molecule has 0 aliphatic carbocycles. The Bertz CT molecular complexity index is 1500. The average molecular weight is 809 g/mol. The maximum atomic E-state index is 12.4. The molecule has 2 N–H and O–H groups in total. The van der Waals surface area contributed by atoms with E-state index in [1.807, 2.05) is 24.3 Å². The van der Waals surface area contributed by atoms with Gasteiger partial charge >= 0.3 is 35.8 Å². The lowest BCUT2D eigenvalue weighted by Crippen LogP contribution is -2.31. The number of aliphatic carboxylic acids is 2. The third kappa shape index (κ3) is 15.7. The number of hydrogen-bond donors (Lipinski definition) is 2. The van der Waals surface area contributed by atoms with Crippen molar-refractivity contribution in [1.82, 2.24) is 0 Å². The number of carbonyl (C=O) groups excluding carboxylic acids is 4. The zero-order chi connectivity index (χ0) is 38.0. The Hall–Kier alpha value is -4.26. The molecule has 0 radical (unpaired) electrons. The van der Waals surface area contributed by atoms with Crippen LogP contribution in [0.4, 0.5) is 0 Å². The molecule has 14 nitrogen and oxygen atoms in total. The molecule has 53 heavy (non-hydrogen) atoms. The summed E-state index contributed by atoms with van der Waals surface area (Å²) in [5, 5.41) is 17.6. The van der Waals surface area contributed by atoms with Crippen molar-refractivity contribution in [3.8, 4) is 11.5 Å². The molecule has 18 heteroatoms. The van der Waals surface area contributed by atoms with Crippen LogP contribution in [0.1, 0.15) is 11.1 Å². The number of hydrogen-bond acceptors (Lipinski definition) is 16. The van der Waals surface area contributed by atoms with Crippen molar-refractivity contribution >= 4 is 82.9 Å². The Morgan fingerprint density at radius 2 is 0.925 bits per heavy atom. The molecule has 2 aliphatic rings. The van der Waals surface area contributed by atoms with Gasteiger partial charge in [0.05, 0.1) is 0 Å². The summed E-state index contributed by atoms with van der Waals surface area (Å²) in [6, 6.07) is 14.4. The molecule has 2 heterocycles. The quantitative estimate of drug-likeness (QED) is 0.111. The lowest BCUT2D eigenvalue weighted by molar-refractivity contribution is -0.156. The first-order valence-corrected chi connectivity index (χ1v) is 20.2. The number of rotatable bonds is 20. The van der Waals surface area contributed by atoms with Crippen molar-refractivity contribution in [3.63, 3.8) is 0 Å². The van der Waals surface area contributed by atoms with Crippen molar-refractivity contribution in [3.05, 3.63) is 84.0 Å². The van der Waals surface area contributed by atoms with Gasteiger partial charge in [0.1, 0.15) is 47.1 Å². The molecule has 284 valence electrons. The molecule has 0 saturated carbocycles. The molecule has 0 amide bonds. The van der Waals surface area contributed by atoms with Crippen LogP contribution in [-0.2, 0) is 54.1 Å². The minimum atomic E-state index is -1.31. The molecule has 4 rings (SSSR count). The van der Waals surface area contributed by atoms with Gasteiger partial charge in [0.25, 0.3) is 0 Å². The number of carbonyl (C=O) groups is 6. The van der Waals surface area contributed by atoms with Crippen LogP contribution in [0.2, 0.25) is 0 Å². The summed E-state index contributed by atoms with van der Waals surface area (Å²) >= 11 is 5.89. The number of carboxylic acid groups (broad SMARTS) is 2. The molecular weight excluding hydrogens is 773 g/mol. The Kier molecular flexibility index (Phi) is 17.3. The number of thioether (sulfide) groups is 4. The van der Waals surface area contributed by atoms with Gasteiger partial charge in [-0.15, -0.1) is 47.0 Å². The van der Waals surface area contributed by atoms with E-state index in [-0.39, 0.29) is 35.6 Å². The minimum Gasteiger partial charge on any atom is -0.490 e. The van der Waals surface area contributed by atoms with E-state index >= 15 is 0 Å². The van der Waals surface area contributed by atoms with E-state index in [2.05, 4.69) is 0 Å². The van der Waals surface area contributed by atoms with Crippen LogP contribution >= 0.6 is 47.0 Å². The number of ether oxygens (including phenoxy) is 6. The maximum absolute atomic E-state index is 12.4. The van der Waals surface area contributed by atoms with Crippen molar-refractivity contribution in [2.45, 2.75) is 27.8 Å². The predicted octanol–water partition coefficient (Wildman–Crippen LogP) is 3.84. The van der Waals surface area contributed by atoms with Gasteiger partial charge in [-0.3, -0.25) is 0 Å². The summed E-state index contributed by atoms with van der Waals surface area (Å²) < 4.78 is 32.1. The highest BCUT2D eigenvalue weighted by molar-refractivity contribution is 8.21. The van der Waals surface area contributed by atoms with Crippen LogP contribution in [0, 0.1) is 0 Å². The van der Waals surface area contributed by atoms with E-state index in [1.54, 1.807) is 24.3 Å². The molecule has 2 fully saturated rings. The SMILES string of the molecule is O=C(O)/C=C\C(=O)OC(COC(=O)C1SCCS1)COc1ccc(Cc2ccc(OCC(COC(=O)C3SCCS3)OC(=O)/C=C\C(=O)O)cc2)cc1. The van der Waals surface area contributed by atoms with E-state index < -0.39 is 48.0 Å². The molecule has 2 aromatic carbocycles. The van der Waals surface area contributed by atoms with Gasteiger partial charge in [0.15, 0.2) is 12.2 Å². The Labute approximate surface area is 321 Å². The van der Waals surface area contributed by atoms with Gasteiger partial charge in [-0.25, -0.2) is 28.8 Å². The van der Waals surface area contributed by atoms with E-state index in [1.165, 1.54) is 47.0 Å². The number of esters is 4. The summed E-state index contributed by atoms with van der Waals surface area (Å²) in [7, 11) is 0. The van der Waals surface area contributed by atoms with Crippen LogP contribution in [0.25, 0.3) is 0 Å². The lowest BCUT2D eigenvalue weighted by Gasteiger charge is -2.19. The summed E-state index contributed by atoms with van der Waals surface area (Å²) in [5.41, 5.74) is 1.91. The fourth-order valence-corrected chi connectivity index (χ4v) is 9.55. The summed E-state index contributed by atoms with van der Waals surface area (Å²) in [6.07, 6.45) is 1.42. The van der Waals surface area contributed by atoms with E-state index in [0.717, 1.165) is 46.3 Å². The van der Waals surface area contributed by atoms with Crippen LogP contribution in [0.15, 0.2) is 72.8 Å². The summed E-state index contributed by atoms with van der Waals surface area (Å²) in [5.74, 6) is -1.06. The normalized spacial score (nSPS) is 15.8. The second kappa shape index (κ2) is 22.1. The topological polar surface area (TPSA) is 198 Å². The van der Waals surface area contributed by atoms with E-state index in [0.29, 0.717) is 30.1 Å². The first kappa shape index (κ1) is 41.5. The molecule has 2 aromatic rings. The summed E-state index contributed by atoms with van der Waals surface area (Å²) in [4.78, 5) is 70.4. The predicted molar refractivity (Wildman–Crippen MR) is 199 cm³/mol. The molecule has 2 atom stereocenters. The molecular formula is C35H36O14S4. The third-order valence-electron chi connectivity index (χ3n) is 6.87. The van der Waals surface area contributed by atoms with Crippen LogP contribution < -0.4 is 9.47 Å². The molecule has 2 saturated heterocycles. The average Bonchev–Trinajstić information content (AvgIpc) is 3.89. The Balaban J connectivity index is 1.27. The molecule has 2 unspecified atom stereocenters. The van der Waals surface area contributed by atoms with Gasteiger partial charge in [-0.2, -0.15) is 0 Å². The van der Waals surface area contributed by atoms with E-state index in [9.17, 15) is 28.8 Å². The number of carboxylic acids is 2. The highest BCUT2D eigenvalue weighted by Gasteiger charge is 2.28. The fourth-order valence-electron chi connectivity index (χ4n) is 4.41. The van der Waals surface area contributed by atoms with Crippen LogP contribution in [-0.4, -0.2) is 117 Å². The van der Waals surface area contributed by atoms with E-state index in [4.69, 9.17) is 38.6 Å². The zero-order valence-corrected chi connectivity index (χ0v) is 31.3. The minimum absolute atomic E-state index is 0.147. The summed E-state index contributed by atoms with van der Waals surface area (Å²) in [6.45, 7) is -0.815. The fraction of sp³-hybridized carbons (Fsp3) is 0.371. The molecule has 0 spiro atoms. The lowest BCUT2D eigenvalue weighted by atomic mass is 10.0. The Morgan fingerprint density at radius 3 is 1.26 bits per heavy atom. The van der Waals surface area contributed by atoms with Gasteiger partial charge < -0.3 is 38.6 Å². The van der Waals surface area contributed by atoms with Crippen molar-refractivity contribution < 1.29 is 67.4 Å². The second-order valence-electron chi connectivity index (χ2n) is 11.0. The highest BCUT2D eigenvalue weighted by Crippen LogP contribution is 2.33. The van der Waals surface area contributed by atoms with Crippen molar-refractivity contribution in [1.29, 1.82) is 0 Å². The molecule has 2 aliphatic heterocycles. The molecule has 0 aromatic heterocycles. The van der Waals surface area contributed by atoms with Crippen molar-refractivity contribution in [2.75, 3.05) is 49.4 Å². The van der Waals surface area contributed by atoms with Crippen LogP contribution in [0.5, 0.6) is 11.5 Å². The van der Waals surface area contributed by atoms with Gasteiger partial charge in [-0.05, 0) is 41.8 Å². The molecule has 0 bridgehead atoms. The first-order chi connectivity index (χ1) is 25.5. The highest BCUT2D eigenvalue weighted by atomic mass is 32.2. The van der Waals surface area contributed by atoms with Crippen LogP contribution in [0.3, 0.4) is 0 Å². The van der Waals surface area contributed by atoms with Gasteiger partial charge in [-0.1, -0.05) is 24.3 Å². The Morgan fingerprint density at radius 1 is 0.566 bits per heavy atom. The first-order valence-electron chi connectivity index (χ1n) is 16.0. The third-order valence-corrected chi connectivity index (χ3v) is 12.8.